The number of aryl methyl sites for hydroxylation is 1. The Balaban J connectivity index is 1.31. The number of benzene rings is 1. The van der Waals surface area contributed by atoms with Crippen molar-refractivity contribution < 1.29 is 27.4 Å². The molecule has 4 heterocycles. The van der Waals surface area contributed by atoms with Crippen LogP contribution < -0.4 is 20.7 Å². The Hall–Kier alpha value is -3.58. The molecule has 2 aliphatic heterocycles. The molecule has 1 spiro atoms. The van der Waals surface area contributed by atoms with E-state index in [9.17, 15) is 18.0 Å². The fourth-order valence-corrected chi connectivity index (χ4v) is 5.80. The van der Waals surface area contributed by atoms with Gasteiger partial charge in [0.05, 0.1) is 18.0 Å². The Bertz CT molecular complexity index is 1500. The van der Waals surface area contributed by atoms with Crippen LogP contribution in [0.4, 0.5) is 24.9 Å². The van der Waals surface area contributed by atoms with Crippen molar-refractivity contribution in [2.75, 3.05) is 36.9 Å². The molecule has 0 saturated carbocycles. The van der Waals surface area contributed by atoms with Crippen molar-refractivity contribution in [2.24, 2.45) is 10.8 Å². The highest BCUT2D eigenvalue weighted by Gasteiger charge is 2.46. The van der Waals surface area contributed by atoms with Crippen LogP contribution in [0.1, 0.15) is 57.4 Å². The van der Waals surface area contributed by atoms with Gasteiger partial charge in [-0.25, -0.2) is 4.68 Å². The van der Waals surface area contributed by atoms with E-state index in [1.807, 2.05) is 25.7 Å². The van der Waals surface area contributed by atoms with E-state index in [4.69, 9.17) is 26.8 Å². The number of hydrogen-bond donors (Lipinski definition) is 2. The number of carbonyl (C=O) groups excluding carboxylic acids is 1. The topological polar surface area (TPSA) is 120 Å². The van der Waals surface area contributed by atoms with Gasteiger partial charge in [0.1, 0.15) is 11.9 Å². The largest absolute Gasteiger partial charge is 0.464 e. The number of aromatic nitrogens is 4. The van der Waals surface area contributed by atoms with Gasteiger partial charge in [-0.3, -0.25) is 4.79 Å². The Morgan fingerprint density at radius 1 is 1.18 bits per heavy atom. The van der Waals surface area contributed by atoms with Gasteiger partial charge in [0.25, 0.3) is 0 Å². The van der Waals surface area contributed by atoms with Crippen LogP contribution in [0, 0.1) is 17.8 Å². The predicted octanol–water partition coefficient (Wildman–Crippen LogP) is 5.43. The molecule has 2 fully saturated rings. The number of nitrogens with zero attached hydrogens (tertiary/aromatic N) is 5. The lowest BCUT2D eigenvalue weighted by Crippen LogP contribution is -2.41. The SMILES string of the molecule is Cc1ccn(-c2cc(Cl)ccc2[C@@H](Oc2cc(N3CCC4(CC3)CN[C@H](C(=O)OCC(C)(C)C)C4)nc(N)n2)C(F)(F)F)n1. The molecule has 0 bridgehead atoms. The number of alkyl halides is 3. The fourth-order valence-electron chi connectivity index (χ4n) is 5.63. The van der Waals surface area contributed by atoms with Gasteiger partial charge in [-0.1, -0.05) is 38.4 Å². The van der Waals surface area contributed by atoms with E-state index in [0.29, 0.717) is 44.2 Å². The zero-order chi connectivity index (χ0) is 31.9. The summed E-state index contributed by atoms with van der Waals surface area (Å²) in [6.45, 7) is 9.94. The Labute approximate surface area is 259 Å². The van der Waals surface area contributed by atoms with Crippen molar-refractivity contribution in [1.29, 1.82) is 0 Å². The minimum Gasteiger partial charge on any atom is -0.464 e. The number of nitrogens with one attached hydrogen (secondary N) is 1. The number of halogens is 4. The Morgan fingerprint density at radius 3 is 2.55 bits per heavy atom. The molecule has 3 aromatic rings. The molecule has 14 heteroatoms. The van der Waals surface area contributed by atoms with Crippen molar-refractivity contribution in [3.05, 3.63) is 52.8 Å². The number of ether oxygens (including phenoxy) is 2. The van der Waals surface area contributed by atoms with E-state index < -0.39 is 12.3 Å². The highest BCUT2D eigenvalue weighted by molar-refractivity contribution is 6.30. The lowest BCUT2D eigenvalue weighted by Gasteiger charge is -2.39. The predicted molar refractivity (Wildman–Crippen MR) is 160 cm³/mol. The quantitative estimate of drug-likeness (QED) is 0.328. The zero-order valence-corrected chi connectivity index (χ0v) is 25.9. The number of hydrogen-bond acceptors (Lipinski definition) is 9. The van der Waals surface area contributed by atoms with Crippen molar-refractivity contribution in [2.45, 2.75) is 65.3 Å². The molecule has 0 radical (unpaired) electrons. The van der Waals surface area contributed by atoms with Crippen molar-refractivity contribution in [3.63, 3.8) is 0 Å². The molecule has 2 atom stereocenters. The lowest BCUT2D eigenvalue weighted by molar-refractivity contribution is -0.198. The summed E-state index contributed by atoms with van der Waals surface area (Å²) in [5.74, 6) is -0.386. The van der Waals surface area contributed by atoms with Crippen LogP contribution in [0.3, 0.4) is 0 Å². The molecular weight excluding hydrogens is 599 g/mol. The normalized spacial score (nSPS) is 19.3. The summed E-state index contributed by atoms with van der Waals surface area (Å²) < 4.78 is 55.9. The van der Waals surface area contributed by atoms with Gasteiger partial charge in [0.15, 0.2) is 0 Å². The maximum absolute atomic E-state index is 14.5. The van der Waals surface area contributed by atoms with Crippen LogP contribution in [0.2, 0.25) is 5.02 Å². The average Bonchev–Trinajstić information content (AvgIpc) is 3.56. The number of esters is 1. The van der Waals surface area contributed by atoms with E-state index >= 15 is 0 Å². The summed E-state index contributed by atoms with van der Waals surface area (Å²) in [5, 5.41) is 7.83. The van der Waals surface area contributed by atoms with Gasteiger partial charge in [0.2, 0.25) is 17.9 Å². The number of nitrogen functional groups attached to an aromatic ring is 1. The molecule has 1 aromatic carbocycles. The van der Waals surface area contributed by atoms with E-state index in [1.54, 1.807) is 19.2 Å². The number of nitrogens with two attached hydrogens (primary N) is 1. The number of rotatable bonds is 7. The third kappa shape index (κ3) is 7.37. The maximum atomic E-state index is 14.5. The van der Waals surface area contributed by atoms with Gasteiger partial charge >= 0.3 is 12.1 Å². The van der Waals surface area contributed by atoms with Crippen LogP contribution in [0.25, 0.3) is 5.69 Å². The van der Waals surface area contributed by atoms with E-state index in [1.165, 1.54) is 28.9 Å². The summed E-state index contributed by atoms with van der Waals surface area (Å²) in [4.78, 5) is 22.8. The molecule has 0 aliphatic carbocycles. The third-order valence-electron chi connectivity index (χ3n) is 7.93. The second-order valence-electron chi connectivity index (χ2n) is 12.9. The minimum atomic E-state index is -4.80. The van der Waals surface area contributed by atoms with Crippen molar-refractivity contribution in [1.82, 2.24) is 25.1 Å². The van der Waals surface area contributed by atoms with Crippen LogP contribution in [0.15, 0.2) is 36.5 Å². The summed E-state index contributed by atoms with van der Waals surface area (Å²) in [6.07, 6.45) is -3.46. The summed E-state index contributed by atoms with van der Waals surface area (Å²) >= 11 is 6.15. The van der Waals surface area contributed by atoms with Gasteiger partial charge in [-0.05, 0) is 55.2 Å². The smallest absolute Gasteiger partial charge is 0.429 e. The number of carbonyl (C=O) groups is 1. The minimum absolute atomic E-state index is 0.0863. The van der Waals surface area contributed by atoms with E-state index in [2.05, 4.69) is 20.4 Å². The first kappa shape index (κ1) is 31.8. The highest BCUT2D eigenvalue weighted by Crippen LogP contribution is 2.42. The van der Waals surface area contributed by atoms with Gasteiger partial charge in [-0.15, -0.1) is 0 Å². The molecule has 2 aliphatic rings. The van der Waals surface area contributed by atoms with Crippen LogP contribution in [0.5, 0.6) is 5.88 Å². The second-order valence-corrected chi connectivity index (χ2v) is 13.3. The monoisotopic (exact) mass is 635 g/mol. The molecule has 5 rings (SSSR count). The molecule has 238 valence electrons. The zero-order valence-electron chi connectivity index (χ0n) is 25.1. The lowest BCUT2D eigenvalue weighted by atomic mass is 9.76. The summed E-state index contributed by atoms with van der Waals surface area (Å²) in [6, 6.07) is 6.73. The molecule has 0 unspecified atom stereocenters. The van der Waals surface area contributed by atoms with Gasteiger partial charge in [-0.2, -0.15) is 28.2 Å². The number of anilines is 2. The average molecular weight is 636 g/mol. The molecule has 44 heavy (non-hydrogen) atoms. The molecule has 2 aromatic heterocycles. The van der Waals surface area contributed by atoms with Crippen LogP contribution >= 0.6 is 11.6 Å². The maximum Gasteiger partial charge on any atom is 0.429 e. The van der Waals surface area contributed by atoms with E-state index in [0.717, 1.165) is 12.8 Å². The van der Waals surface area contributed by atoms with Crippen molar-refractivity contribution in [3.8, 4) is 11.6 Å². The standard InChI is InChI=1S/C30H37ClF3N7O3/c1-18-7-10-41(39-18)22-13-19(31)5-6-20(22)25(30(32,33)34)44-24-14-23(37-27(35)38-24)40-11-8-29(9-12-40)15-21(36-16-29)26(42)43-17-28(2,3)4/h5-7,10,13-14,21,25,36H,8-9,11-12,15-17H2,1-4H3,(H2,35,37,38)/t21-,25+/m0/s1. The number of piperidine rings is 1. The van der Waals surface area contributed by atoms with E-state index in [-0.39, 0.29) is 50.9 Å². The summed E-state index contributed by atoms with van der Waals surface area (Å²) in [7, 11) is 0. The molecule has 0 amide bonds. The van der Waals surface area contributed by atoms with Crippen molar-refractivity contribution >= 4 is 29.3 Å². The molecular formula is C30H37ClF3N7O3. The molecule has 3 N–H and O–H groups in total. The van der Waals surface area contributed by atoms with Gasteiger partial charge < -0.3 is 25.4 Å². The second kappa shape index (κ2) is 12.1. The first-order valence-electron chi connectivity index (χ1n) is 14.5. The first-order chi connectivity index (χ1) is 20.6. The van der Waals surface area contributed by atoms with Gasteiger partial charge in [0, 0.05) is 42.5 Å². The Morgan fingerprint density at radius 2 is 1.91 bits per heavy atom. The molecule has 10 nitrogen and oxygen atoms in total. The fraction of sp³-hybridized carbons (Fsp3) is 0.533. The Kier molecular flexibility index (Phi) is 8.74. The van der Waals surface area contributed by atoms with Crippen LogP contribution in [-0.2, 0) is 9.53 Å². The third-order valence-corrected chi connectivity index (χ3v) is 8.16. The molecule has 2 saturated heterocycles. The highest BCUT2D eigenvalue weighted by atomic mass is 35.5. The summed E-state index contributed by atoms with van der Waals surface area (Å²) in [5.41, 5.74) is 6.32. The van der Waals surface area contributed by atoms with Crippen LogP contribution in [-0.4, -0.2) is 64.2 Å². The first-order valence-corrected chi connectivity index (χ1v) is 14.8.